The summed E-state index contributed by atoms with van der Waals surface area (Å²) in [4.78, 5) is 38.1. The number of nitrogen functional groups attached to an aromatic ring is 1. The molecule has 0 fully saturated rings. The number of nitrogens with one attached hydrogen (secondary N) is 5. The molecule has 0 saturated heterocycles. The number of fused-ring (bicyclic) bond motifs is 16. The van der Waals surface area contributed by atoms with Gasteiger partial charge >= 0.3 is 0 Å². The van der Waals surface area contributed by atoms with Crippen molar-refractivity contribution < 1.29 is 0 Å². The molecule has 7 N–H and O–H groups in total. The molecule has 0 atom stereocenters. The van der Waals surface area contributed by atoms with Crippen LogP contribution in [0, 0.1) is 83.1 Å². The van der Waals surface area contributed by atoms with E-state index in [4.69, 9.17) is 25.7 Å². The van der Waals surface area contributed by atoms with Crippen LogP contribution in [0.5, 0.6) is 0 Å². The Bertz CT molecular complexity index is 5700. The molecule has 6 aromatic heterocycles. The van der Waals surface area contributed by atoms with Crippen LogP contribution in [0.15, 0.2) is 152 Å². The van der Waals surface area contributed by atoms with Crippen molar-refractivity contribution >= 4 is 110 Å². The van der Waals surface area contributed by atoms with Gasteiger partial charge in [0.1, 0.15) is 0 Å². The van der Waals surface area contributed by atoms with E-state index in [1.807, 2.05) is 12.1 Å². The molecule has 0 spiro atoms. The van der Waals surface area contributed by atoms with Crippen molar-refractivity contribution in [3.63, 3.8) is 0 Å². The smallest absolute Gasteiger partial charge is 0.0894 e. The Labute approximate surface area is 571 Å². The van der Waals surface area contributed by atoms with Crippen LogP contribution in [0.25, 0.3) is 160 Å². The van der Waals surface area contributed by atoms with E-state index in [1.54, 1.807) is 0 Å². The number of nitrogens with two attached hydrogens (primary N) is 1. The minimum atomic E-state index is 0.697. The van der Waals surface area contributed by atoms with E-state index in [-0.39, 0.29) is 0 Å². The lowest BCUT2D eigenvalue weighted by atomic mass is 9.92. The molecule has 16 bridgehead atoms. The standard InChI is InChI=1S/C88H76N10/c1-46-37-50(5)78(51(6)38-46)84-68-23-21-62(90-68)45-63-22-24-69(91-63)85(79-52(7)39-47(2)40-53(79)8)71-30-26-67(94-71)83(66-25-29-70(84)93-66)59-15-19-61(20-16-59)92-88-76-35-33-74(97-76)86(80-54(9)41-48(3)42-55(80)10)72-31-27-64(95-72)82(58-13-17-60(89)18-14-58)65-28-32-73(96-65)87(75-34-36-77(88)98-75)81-56(11)43-49(4)44-57(81)12/h13-45,90,92,94-95,98H,89H2,1-12H3. The fourth-order valence-electron chi connectivity index (χ4n) is 15.9. The number of hydrogen-bond donors (Lipinski definition) is 6. The second kappa shape index (κ2) is 23.8. The Kier molecular flexibility index (Phi) is 14.8. The van der Waals surface area contributed by atoms with Crippen molar-refractivity contribution in [2.24, 2.45) is 0 Å². The lowest BCUT2D eigenvalue weighted by Crippen LogP contribution is -1.96. The number of hydrogen-bond acceptors (Lipinski definition) is 6. The van der Waals surface area contributed by atoms with Crippen LogP contribution >= 0.6 is 0 Å². The van der Waals surface area contributed by atoms with E-state index in [0.29, 0.717) is 5.69 Å². The molecule has 6 aromatic carbocycles. The molecule has 10 heteroatoms. The number of H-pyrrole nitrogens is 4. The van der Waals surface area contributed by atoms with Crippen LogP contribution < -0.4 is 11.1 Å². The zero-order valence-corrected chi connectivity index (χ0v) is 57.4. The van der Waals surface area contributed by atoms with E-state index in [1.165, 1.54) is 66.8 Å². The lowest BCUT2D eigenvalue weighted by molar-refractivity contribution is 1.28. The summed E-state index contributed by atoms with van der Waals surface area (Å²) in [5, 5.41) is 3.98. The topological polar surface area (TPSA) is 153 Å². The molecule has 10 heterocycles. The number of aryl methyl sites for hydroxylation is 12. The number of nitrogens with zero attached hydrogens (tertiary/aromatic N) is 4. The number of rotatable bonds is 8. The third kappa shape index (κ3) is 10.8. The maximum atomic E-state index is 6.36. The molecule has 4 aliphatic heterocycles. The largest absolute Gasteiger partial charge is 0.399 e. The molecule has 478 valence electrons. The summed E-state index contributed by atoms with van der Waals surface area (Å²) >= 11 is 0. The van der Waals surface area contributed by atoms with Gasteiger partial charge in [-0.25, -0.2) is 19.9 Å². The summed E-state index contributed by atoms with van der Waals surface area (Å²) in [6, 6.07) is 54.6. The molecule has 0 unspecified atom stereocenters. The van der Waals surface area contributed by atoms with Gasteiger partial charge in [0.05, 0.1) is 56.8 Å². The predicted molar refractivity (Wildman–Crippen MR) is 415 cm³/mol. The highest BCUT2D eigenvalue weighted by Gasteiger charge is 2.25. The van der Waals surface area contributed by atoms with Gasteiger partial charge in [-0.15, -0.1) is 0 Å². The van der Waals surface area contributed by atoms with Gasteiger partial charge in [-0.2, -0.15) is 0 Å². The Balaban J connectivity index is 0.941. The molecule has 16 rings (SSSR count). The normalized spacial score (nSPS) is 12.4. The first-order valence-corrected chi connectivity index (χ1v) is 33.7. The Morgan fingerprint density at radius 1 is 0.265 bits per heavy atom. The van der Waals surface area contributed by atoms with E-state index < -0.39 is 0 Å². The molecular weight excluding hydrogens is 1200 g/mol. The van der Waals surface area contributed by atoms with Gasteiger partial charge in [0.25, 0.3) is 0 Å². The van der Waals surface area contributed by atoms with Crippen molar-refractivity contribution in [1.82, 2.24) is 39.9 Å². The SMILES string of the molecule is Cc1cc(C)c(-c2c3nc(c(-c4ccc(Nc5c6nc(c(-c7c(C)cc(C)cc7C)c7ccc([nH]7)c(-c7ccc(N)cc7)c7nc(c(-c8c(C)cc(C)cc8C)c8ccc5[nH]8)C=C7)C=C6)cc4)c4ccc([nH]4)c(-c4c(C)cc(C)cc4C)c4nc(cc5ccc2[nH]5)C=C4)C=C3)c(C)c1. The average Bonchev–Trinajstić information content (AvgIpc) is 1.58. The van der Waals surface area contributed by atoms with Crippen molar-refractivity contribution in [1.29, 1.82) is 0 Å². The molecule has 0 radical (unpaired) electrons. The second-order valence-electron chi connectivity index (χ2n) is 27.3. The minimum Gasteiger partial charge on any atom is -0.399 e. The fraction of sp³-hybridized carbons (Fsp3) is 0.136. The first kappa shape index (κ1) is 61.0. The molecule has 0 aliphatic carbocycles. The van der Waals surface area contributed by atoms with Gasteiger partial charge in [0.2, 0.25) is 0 Å². The molecule has 4 aliphatic rings. The Morgan fingerprint density at radius 3 is 0.969 bits per heavy atom. The van der Waals surface area contributed by atoms with E-state index in [2.05, 4.69) is 296 Å². The lowest BCUT2D eigenvalue weighted by Gasteiger charge is -2.14. The van der Waals surface area contributed by atoms with Crippen molar-refractivity contribution in [3.05, 3.63) is 264 Å². The highest BCUT2D eigenvalue weighted by atomic mass is 14.9. The van der Waals surface area contributed by atoms with Gasteiger partial charge in [-0.1, -0.05) is 95.1 Å². The van der Waals surface area contributed by atoms with Crippen molar-refractivity contribution in [2.75, 3.05) is 11.1 Å². The zero-order valence-electron chi connectivity index (χ0n) is 57.4. The summed E-state index contributed by atoms with van der Waals surface area (Å²) in [6.07, 6.45) is 17.3. The summed E-state index contributed by atoms with van der Waals surface area (Å²) in [5.74, 6) is 0. The quantitative estimate of drug-likeness (QED) is 0.0833. The molecule has 98 heavy (non-hydrogen) atoms. The molecular formula is C88H76N10. The van der Waals surface area contributed by atoms with Crippen LogP contribution in [0.2, 0.25) is 0 Å². The van der Waals surface area contributed by atoms with Gasteiger partial charge in [-0.3, -0.25) is 0 Å². The molecule has 12 aromatic rings. The number of aromatic nitrogens is 8. The third-order valence-corrected chi connectivity index (χ3v) is 19.7. The number of anilines is 3. The predicted octanol–water partition coefficient (Wildman–Crippen LogP) is 22.7. The average molecular weight is 1270 g/mol. The molecule has 0 saturated carbocycles. The first-order valence-electron chi connectivity index (χ1n) is 33.7. The summed E-state index contributed by atoms with van der Waals surface area (Å²) in [7, 11) is 0. The Hall–Kier alpha value is -11.9. The summed E-state index contributed by atoms with van der Waals surface area (Å²) in [6.45, 7) is 26.3. The number of aromatic amines is 4. The van der Waals surface area contributed by atoms with Crippen LogP contribution in [-0.4, -0.2) is 39.9 Å². The third-order valence-electron chi connectivity index (χ3n) is 19.7. The highest BCUT2D eigenvalue weighted by molar-refractivity contribution is 6.03. The second-order valence-corrected chi connectivity index (χ2v) is 27.3. The van der Waals surface area contributed by atoms with Gasteiger partial charge in [0, 0.05) is 83.4 Å². The Morgan fingerprint density at radius 2 is 0.561 bits per heavy atom. The van der Waals surface area contributed by atoms with E-state index in [0.717, 1.165) is 168 Å². The summed E-state index contributed by atoms with van der Waals surface area (Å²) < 4.78 is 0. The van der Waals surface area contributed by atoms with Crippen LogP contribution in [0.1, 0.15) is 112 Å². The number of benzene rings is 6. The van der Waals surface area contributed by atoms with Gasteiger partial charge in [-0.05, 0) is 288 Å². The van der Waals surface area contributed by atoms with Crippen LogP contribution in [-0.2, 0) is 0 Å². The van der Waals surface area contributed by atoms with Crippen LogP contribution in [0.4, 0.5) is 17.1 Å². The molecule has 0 amide bonds. The fourth-order valence-corrected chi connectivity index (χ4v) is 15.9. The van der Waals surface area contributed by atoms with Crippen molar-refractivity contribution in [3.8, 4) is 66.8 Å². The van der Waals surface area contributed by atoms with Gasteiger partial charge < -0.3 is 31.0 Å². The van der Waals surface area contributed by atoms with Crippen LogP contribution in [0.3, 0.4) is 0 Å². The highest BCUT2D eigenvalue weighted by Crippen LogP contribution is 2.44. The summed E-state index contributed by atoms with van der Waals surface area (Å²) in [5.41, 5.74) is 49.9. The minimum absolute atomic E-state index is 0.697. The van der Waals surface area contributed by atoms with Gasteiger partial charge in [0.15, 0.2) is 0 Å². The maximum absolute atomic E-state index is 6.36. The van der Waals surface area contributed by atoms with Crippen molar-refractivity contribution in [2.45, 2.75) is 83.1 Å². The zero-order chi connectivity index (χ0) is 67.5. The molecule has 10 nitrogen and oxygen atoms in total. The monoisotopic (exact) mass is 1270 g/mol. The van der Waals surface area contributed by atoms with E-state index in [9.17, 15) is 0 Å². The first-order chi connectivity index (χ1) is 47.3. The maximum Gasteiger partial charge on any atom is 0.0894 e. The van der Waals surface area contributed by atoms with E-state index >= 15 is 0 Å².